The predicted octanol–water partition coefficient (Wildman–Crippen LogP) is 0.781. The van der Waals surface area contributed by atoms with Crippen LogP contribution in [0.5, 0.6) is 0 Å². The molecule has 0 spiro atoms. The summed E-state index contributed by atoms with van der Waals surface area (Å²) in [6, 6.07) is 0.466. The van der Waals surface area contributed by atoms with Gasteiger partial charge in [-0.15, -0.1) is 0 Å². The van der Waals surface area contributed by atoms with E-state index in [1.807, 2.05) is 4.90 Å². The summed E-state index contributed by atoms with van der Waals surface area (Å²) in [5.41, 5.74) is 0. The Morgan fingerprint density at radius 2 is 2.27 bits per heavy atom. The number of aliphatic carboxylic acids is 1. The molecule has 0 aromatic rings. The third-order valence-electron chi connectivity index (χ3n) is 2.78. The van der Waals surface area contributed by atoms with Gasteiger partial charge in [0.25, 0.3) is 0 Å². The lowest BCUT2D eigenvalue weighted by Crippen LogP contribution is -2.50. The summed E-state index contributed by atoms with van der Waals surface area (Å²) < 4.78 is 0. The van der Waals surface area contributed by atoms with Gasteiger partial charge in [0.15, 0.2) is 0 Å². The highest BCUT2D eigenvalue weighted by Crippen LogP contribution is 2.15. The van der Waals surface area contributed by atoms with Crippen LogP contribution in [0.15, 0.2) is 0 Å². The minimum absolute atomic E-state index is 0.175. The maximum absolute atomic E-state index is 10.6. The molecular formula is C11H22N2O2. The second kappa shape index (κ2) is 6.08. The first-order chi connectivity index (χ1) is 7.11. The summed E-state index contributed by atoms with van der Waals surface area (Å²) in [5, 5.41) is 12.2. The minimum atomic E-state index is -0.724. The number of carboxylic acid groups (broad SMARTS) is 1. The number of rotatable bonds is 5. The van der Waals surface area contributed by atoms with Crippen molar-refractivity contribution in [3.05, 3.63) is 0 Å². The molecule has 2 unspecified atom stereocenters. The predicted molar refractivity (Wildman–Crippen MR) is 59.9 cm³/mol. The summed E-state index contributed by atoms with van der Waals surface area (Å²) in [6.07, 6.45) is 2.29. The van der Waals surface area contributed by atoms with Gasteiger partial charge in [0.05, 0.1) is 6.54 Å². The van der Waals surface area contributed by atoms with Crippen molar-refractivity contribution in [1.82, 2.24) is 10.2 Å². The molecule has 1 fully saturated rings. The highest BCUT2D eigenvalue weighted by atomic mass is 16.4. The highest BCUT2D eigenvalue weighted by molar-refractivity contribution is 5.69. The largest absolute Gasteiger partial charge is 0.480 e. The molecule has 4 nitrogen and oxygen atoms in total. The van der Waals surface area contributed by atoms with E-state index in [1.165, 1.54) is 0 Å². The van der Waals surface area contributed by atoms with Crippen molar-refractivity contribution >= 4 is 5.97 Å². The van der Waals surface area contributed by atoms with Crippen LogP contribution in [0.1, 0.15) is 26.7 Å². The Labute approximate surface area is 91.6 Å². The molecule has 15 heavy (non-hydrogen) atoms. The monoisotopic (exact) mass is 214 g/mol. The Kier molecular flexibility index (Phi) is 5.05. The van der Waals surface area contributed by atoms with Crippen LogP contribution < -0.4 is 5.32 Å². The van der Waals surface area contributed by atoms with Gasteiger partial charge in [-0.1, -0.05) is 13.8 Å². The van der Waals surface area contributed by atoms with Crippen molar-refractivity contribution in [1.29, 1.82) is 0 Å². The first-order valence-electron chi connectivity index (χ1n) is 5.79. The molecule has 0 aromatic heterocycles. The maximum atomic E-state index is 10.6. The van der Waals surface area contributed by atoms with Crippen LogP contribution in [0, 0.1) is 5.92 Å². The van der Waals surface area contributed by atoms with Crippen LogP contribution in [-0.2, 0) is 4.79 Å². The van der Waals surface area contributed by atoms with E-state index in [9.17, 15) is 4.79 Å². The van der Waals surface area contributed by atoms with Crippen LogP contribution in [-0.4, -0.2) is 48.2 Å². The van der Waals surface area contributed by atoms with E-state index < -0.39 is 5.97 Å². The molecule has 88 valence electrons. The first-order valence-corrected chi connectivity index (χ1v) is 5.79. The first kappa shape index (κ1) is 12.5. The summed E-state index contributed by atoms with van der Waals surface area (Å²) in [7, 11) is 0. The number of hydrogen-bond donors (Lipinski definition) is 2. The van der Waals surface area contributed by atoms with Gasteiger partial charge in [-0.05, 0) is 25.3 Å². The van der Waals surface area contributed by atoms with Gasteiger partial charge >= 0.3 is 5.97 Å². The topological polar surface area (TPSA) is 52.6 Å². The fraction of sp³-hybridized carbons (Fsp3) is 0.909. The van der Waals surface area contributed by atoms with Crippen LogP contribution in [0.3, 0.4) is 0 Å². The number of nitrogens with one attached hydrogen (secondary N) is 1. The second-order valence-electron chi connectivity index (χ2n) is 4.58. The van der Waals surface area contributed by atoms with Crippen molar-refractivity contribution in [2.45, 2.75) is 32.7 Å². The normalized spacial score (nSPS) is 27.9. The van der Waals surface area contributed by atoms with E-state index in [1.54, 1.807) is 0 Å². The molecule has 2 atom stereocenters. The molecule has 1 aliphatic heterocycles. The lowest BCUT2D eigenvalue weighted by molar-refractivity contribution is -0.138. The molecular weight excluding hydrogens is 192 g/mol. The summed E-state index contributed by atoms with van der Waals surface area (Å²) >= 11 is 0. The molecule has 1 heterocycles. The summed E-state index contributed by atoms with van der Waals surface area (Å²) in [4.78, 5) is 12.7. The SMILES string of the molecule is CCCNC1CC(C)CN(CC(=O)O)C1. The molecule has 4 heteroatoms. The van der Waals surface area contributed by atoms with E-state index in [0.717, 1.165) is 32.5 Å². The van der Waals surface area contributed by atoms with Crippen LogP contribution >= 0.6 is 0 Å². The van der Waals surface area contributed by atoms with Crippen molar-refractivity contribution in [2.24, 2.45) is 5.92 Å². The number of carboxylic acids is 1. The highest BCUT2D eigenvalue weighted by Gasteiger charge is 2.25. The average Bonchev–Trinajstić information content (AvgIpc) is 2.12. The van der Waals surface area contributed by atoms with Crippen LogP contribution in [0.4, 0.5) is 0 Å². The third kappa shape index (κ3) is 4.62. The maximum Gasteiger partial charge on any atom is 0.317 e. The van der Waals surface area contributed by atoms with E-state index in [4.69, 9.17) is 5.11 Å². The van der Waals surface area contributed by atoms with Gasteiger partial charge in [0.1, 0.15) is 0 Å². The third-order valence-corrected chi connectivity index (χ3v) is 2.78. The Bertz CT molecular complexity index is 209. The molecule has 0 radical (unpaired) electrons. The molecule has 0 saturated carbocycles. The molecule has 0 amide bonds. The molecule has 0 aliphatic carbocycles. The fourth-order valence-electron chi connectivity index (χ4n) is 2.28. The van der Waals surface area contributed by atoms with Crippen LogP contribution in [0.2, 0.25) is 0 Å². The molecule has 1 saturated heterocycles. The Morgan fingerprint density at radius 1 is 1.53 bits per heavy atom. The Balaban J connectivity index is 2.37. The van der Waals surface area contributed by atoms with Crippen molar-refractivity contribution in [3.63, 3.8) is 0 Å². The van der Waals surface area contributed by atoms with Crippen molar-refractivity contribution < 1.29 is 9.90 Å². The lowest BCUT2D eigenvalue weighted by atomic mass is 9.96. The zero-order valence-corrected chi connectivity index (χ0v) is 9.70. The second-order valence-corrected chi connectivity index (χ2v) is 4.58. The van der Waals surface area contributed by atoms with Gasteiger partial charge in [-0.25, -0.2) is 0 Å². The Morgan fingerprint density at radius 3 is 2.87 bits per heavy atom. The van der Waals surface area contributed by atoms with Gasteiger partial charge < -0.3 is 10.4 Å². The summed E-state index contributed by atoms with van der Waals surface area (Å²) in [6.45, 7) is 7.32. The molecule has 0 bridgehead atoms. The number of piperidine rings is 1. The number of hydrogen-bond acceptors (Lipinski definition) is 3. The number of carbonyl (C=O) groups is 1. The molecule has 2 N–H and O–H groups in total. The fourth-order valence-corrected chi connectivity index (χ4v) is 2.28. The Hall–Kier alpha value is -0.610. The van der Waals surface area contributed by atoms with Crippen LogP contribution in [0.25, 0.3) is 0 Å². The van der Waals surface area contributed by atoms with E-state index in [-0.39, 0.29) is 6.54 Å². The molecule has 1 aliphatic rings. The minimum Gasteiger partial charge on any atom is -0.480 e. The molecule has 0 aromatic carbocycles. The molecule has 1 rings (SSSR count). The van der Waals surface area contributed by atoms with E-state index in [2.05, 4.69) is 19.2 Å². The van der Waals surface area contributed by atoms with Crippen molar-refractivity contribution in [3.8, 4) is 0 Å². The van der Waals surface area contributed by atoms with Gasteiger partial charge in [-0.3, -0.25) is 9.69 Å². The summed E-state index contributed by atoms with van der Waals surface area (Å²) in [5.74, 6) is -0.134. The number of likely N-dealkylation sites (tertiary alicyclic amines) is 1. The number of nitrogens with zero attached hydrogens (tertiary/aromatic N) is 1. The van der Waals surface area contributed by atoms with E-state index >= 15 is 0 Å². The quantitative estimate of drug-likeness (QED) is 0.710. The zero-order valence-electron chi connectivity index (χ0n) is 9.70. The zero-order chi connectivity index (χ0) is 11.3. The van der Waals surface area contributed by atoms with Gasteiger partial charge in [0, 0.05) is 19.1 Å². The standard InChI is InChI=1S/C11H22N2O2/c1-3-4-12-10-5-9(2)6-13(7-10)8-11(14)15/h9-10,12H,3-8H2,1-2H3,(H,14,15). The lowest BCUT2D eigenvalue weighted by Gasteiger charge is -2.36. The van der Waals surface area contributed by atoms with Crippen molar-refractivity contribution in [2.75, 3.05) is 26.2 Å². The average molecular weight is 214 g/mol. The van der Waals surface area contributed by atoms with E-state index in [0.29, 0.717) is 12.0 Å². The smallest absolute Gasteiger partial charge is 0.317 e. The van der Waals surface area contributed by atoms with Gasteiger partial charge in [0.2, 0.25) is 0 Å². The van der Waals surface area contributed by atoms with Gasteiger partial charge in [-0.2, -0.15) is 0 Å².